The van der Waals surface area contributed by atoms with Gasteiger partial charge < -0.3 is 22.9 Å². The molecule has 44 heavy (non-hydrogen) atoms. The van der Waals surface area contributed by atoms with E-state index in [9.17, 15) is 4.79 Å². The molecule has 254 valence electrons. The molecule has 0 spiro atoms. The summed E-state index contributed by atoms with van der Waals surface area (Å²) >= 11 is 0. The quantitative estimate of drug-likeness (QED) is 0.0377. The molecule has 7 nitrogen and oxygen atoms in total. The standard InChI is InChI=1S/C36H65NO6Si/c1-5-9-10-11-12-13-14-15-16-17-18-19-20-21-22-23-32-39-35-28-25-34(26-29-35)27-30-36(38)43-37-31-24-33-44(40-6-2,41-7-3)42-8-4/h25-30,37H,5-24,31-33H2,1-4H3/b30-27+. The number of hydroxylamine groups is 1. The second kappa shape index (κ2) is 28.7. The van der Waals surface area contributed by atoms with Gasteiger partial charge in [-0.15, -0.1) is 0 Å². The minimum absolute atomic E-state index is 0.447. The van der Waals surface area contributed by atoms with Crippen molar-refractivity contribution in [3.05, 3.63) is 35.9 Å². The van der Waals surface area contributed by atoms with Crippen molar-refractivity contribution in [1.82, 2.24) is 5.48 Å². The van der Waals surface area contributed by atoms with Crippen molar-refractivity contribution >= 4 is 20.8 Å². The molecule has 0 radical (unpaired) electrons. The Kier molecular flexibility index (Phi) is 26.3. The molecule has 0 aromatic heterocycles. The molecular weight excluding hydrogens is 570 g/mol. The topological polar surface area (TPSA) is 75.3 Å². The highest BCUT2D eigenvalue weighted by Gasteiger charge is 2.39. The number of unbranched alkanes of at least 4 members (excludes halogenated alkanes) is 15. The third kappa shape index (κ3) is 21.9. The van der Waals surface area contributed by atoms with Crippen LogP contribution in [0.2, 0.25) is 6.04 Å². The van der Waals surface area contributed by atoms with Gasteiger partial charge in [-0.2, -0.15) is 5.48 Å². The van der Waals surface area contributed by atoms with Gasteiger partial charge in [0.1, 0.15) is 5.75 Å². The maximum absolute atomic E-state index is 12.1. The number of carbonyl (C=O) groups is 1. The average Bonchev–Trinajstić information content (AvgIpc) is 3.02. The fourth-order valence-electron chi connectivity index (χ4n) is 5.21. The zero-order chi connectivity index (χ0) is 32.0. The summed E-state index contributed by atoms with van der Waals surface area (Å²) in [6.07, 6.45) is 25.8. The zero-order valence-electron chi connectivity index (χ0n) is 28.7. The van der Waals surface area contributed by atoms with E-state index in [-0.39, 0.29) is 0 Å². The maximum atomic E-state index is 12.1. The first-order valence-electron chi connectivity index (χ1n) is 17.9. The predicted octanol–water partition coefficient (Wildman–Crippen LogP) is 9.83. The zero-order valence-corrected chi connectivity index (χ0v) is 29.7. The highest BCUT2D eigenvalue weighted by atomic mass is 28.4. The molecule has 0 saturated heterocycles. The Balaban J connectivity index is 2.05. The number of carbonyl (C=O) groups excluding carboxylic acids is 1. The normalized spacial score (nSPS) is 11.8. The summed E-state index contributed by atoms with van der Waals surface area (Å²) < 4.78 is 23.4. The summed E-state index contributed by atoms with van der Waals surface area (Å²) in [5.41, 5.74) is 3.64. The summed E-state index contributed by atoms with van der Waals surface area (Å²) in [6.45, 7) is 11.0. The molecule has 0 heterocycles. The van der Waals surface area contributed by atoms with E-state index in [1.165, 1.54) is 102 Å². The number of rotatable bonds is 31. The minimum Gasteiger partial charge on any atom is -0.494 e. The molecule has 1 aromatic carbocycles. The molecule has 0 aliphatic heterocycles. The van der Waals surface area contributed by atoms with Crippen molar-refractivity contribution in [2.75, 3.05) is 33.0 Å². The molecule has 0 unspecified atom stereocenters. The molecule has 0 saturated carbocycles. The van der Waals surface area contributed by atoms with E-state index in [0.29, 0.717) is 38.8 Å². The first-order valence-corrected chi connectivity index (χ1v) is 19.8. The molecule has 0 fully saturated rings. The molecule has 8 heteroatoms. The van der Waals surface area contributed by atoms with Crippen LogP contribution >= 0.6 is 0 Å². The Hall–Kier alpha value is -1.71. The van der Waals surface area contributed by atoms with E-state index < -0.39 is 14.8 Å². The van der Waals surface area contributed by atoms with Crippen LogP contribution in [0.15, 0.2) is 30.3 Å². The second-order valence-corrected chi connectivity index (χ2v) is 14.2. The monoisotopic (exact) mass is 635 g/mol. The smallest absolute Gasteiger partial charge is 0.494 e. The third-order valence-electron chi connectivity index (χ3n) is 7.59. The lowest BCUT2D eigenvalue weighted by molar-refractivity contribution is -0.144. The van der Waals surface area contributed by atoms with Crippen LogP contribution in [-0.2, 0) is 22.9 Å². The van der Waals surface area contributed by atoms with Gasteiger partial charge >= 0.3 is 14.8 Å². The van der Waals surface area contributed by atoms with Gasteiger partial charge in [0.25, 0.3) is 0 Å². The van der Waals surface area contributed by atoms with Gasteiger partial charge in [0, 0.05) is 38.5 Å². The fraction of sp³-hybridized carbons (Fsp3) is 0.750. The molecule has 1 rings (SSSR count). The van der Waals surface area contributed by atoms with E-state index in [2.05, 4.69) is 12.4 Å². The maximum Gasteiger partial charge on any atom is 0.500 e. The average molecular weight is 636 g/mol. The lowest BCUT2D eigenvalue weighted by Gasteiger charge is -2.28. The van der Waals surface area contributed by atoms with E-state index in [0.717, 1.165) is 24.3 Å². The first-order chi connectivity index (χ1) is 21.6. The van der Waals surface area contributed by atoms with E-state index in [4.69, 9.17) is 22.9 Å². The lowest BCUT2D eigenvalue weighted by Crippen LogP contribution is -2.46. The Bertz CT molecular complexity index is 802. The van der Waals surface area contributed by atoms with Crippen LogP contribution in [0.4, 0.5) is 0 Å². The molecular formula is C36H65NO6Si. The van der Waals surface area contributed by atoms with Gasteiger partial charge in [-0.1, -0.05) is 115 Å². The summed E-state index contributed by atoms with van der Waals surface area (Å²) in [4.78, 5) is 17.2. The van der Waals surface area contributed by atoms with Gasteiger partial charge in [-0.3, -0.25) is 0 Å². The van der Waals surface area contributed by atoms with Crippen molar-refractivity contribution in [1.29, 1.82) is 0 Å². The number of benzene rings is 1. The van der Waals surface area contributed by atoms with Crippen LogP contribution < -0.4 is 10.2 Å². The Morgan fingerprint density at radius 2 is 1.14 bits per heavy atom. The summed E-state index contributed by atoms with van der Waals surface area (Å²) in [6, 6.07) is 8.44. The second-order valence-electron chi connectivity index (χ2n) is 11.5. The van der Waals surface area contributed by atoms with Crippen molar-refractivity contribution in [3.8, 4) is 5.75 Å². The molecule has 1 aromatic rings. The molecule has 0 aliphatic carbocycles. The number of nitrogens with one attached hydrogen (secondary N) is 1. The molecule has 1 N–H and O–H groups in total. The van der Waals surface area contributed by atoms with E-state index in [1.54, 1.807) is 6.08 Å². The minimum atomic E-state index is -2.67. The Morgan fingerprint density at radius 1 is 0.659 bits per heavy atom. The first kappa shape index (κ1) is 40.3. The van der Waals surface area contributed by atoms with Crippen LogP contribution in [0, 0.1) is 0 Å². The Labute approximate surface area is 271 Å². The largest absolute Gasteiger partial charge is 0.500 e. The van der Waals surface area contributed by atoms with Crippen molar-refractivity contribution in [3.63, 3.8) is 0 Å². The van der Waals surface area contributed by atoms with Crippen LogP contribution in [-0.4, -0.2) is 47.7 Å². The number of ether oxygens (including phenoxy) is 1. The van der Waals surface area contributed by atoms with Gasteiger partial charge in [0.05, 0.1) is 6.61 Å². The van der Waals surface area contributed by atoms with Crippen molar-refractivity contribution < 1.29 is 27.6 Å². The lowest BCUT2D eigenvalue weighted by atomic mass is 10.0. The number of hydrogen-bond acceptors (Lipinski definition) is 7. The summed E-state index contributed by atoms with van der Waals surface area (Å²) in [7, 11) is -2.67. The summed E-state index contributed by atoms with van der Waals surface area (Å²) in [5.74, 6) is 0.412. The van der Waals surface area contributed by atoms with E-state index in [1.807, 2.05) is 45.0 Å². The SMILES string of the molecule is CCCCCCCCCCCCCCCCCCOc1ccc(/C=C/C(=O)ONCCC[Si](OCC)(OCC)OCC)cc1. The Morgan fingerprint density at radius 3 is 1.61 bits per heavy atom. The number of hydrogen-bond donors (Lipinski definition) is 1. The van der Waals surface area contributed by atoms with Gasteiger partial charge in [-0.25, -0.2) is 4.79 Å². The van der Waals surface area contributed by atoms with Gasteiger partial charge in [0.2, 0.25) is 0 Å². The highest BCUT2D eigenvalue weighted by Crippen LogP contribution is 2.18. The molecule has 0 atom stereocenters. The molecule has 0 aliphatic rings. The van der Waals surface area contributed by atoms with Crippen LogP contribution in [0.5, 0.6) is 5.75 Å². The predicted molar refractivity (Wildman–Crippen MR) is 185 cm³/mol. The third-order valence-corrected chi connectivity index (χ3v) is 10.7. The molecule has 0 bridgehead atoms. The molecule has 0 amide bonds. The van der Waals surface area contributed by atoms with E-state index >= 15 is 0 Å². The fourth-order valence-corrected chi connectivity index (χ4v) is 7.83. The van der Waals surface area contributed by atoms with Crippen LogP contribution in [0.25, 0.3) is 6.08 Å². The highest BCUT2D eigenvalue weighted by molar-refractivity contribution is 6.60. The van der Waals surface area contributed by atoms with Gasteiger partial charge in [-0.05, 0) is 57.4 Å². The van der Waals surface area contributed by atoms with Crippen molar-refractivity contribution in [2.24, 2.45) is 0 Å². The summed E-state index contributed by atoms with van der Waals surface area (Å²) in [5, 5.41) is 0. The van der Waals surface area contributed by atoms with Crippen molar-refractivity contribution in [2.45, 2.75) is 143 Å². The van der Waals surface area contributed by atoms with Crippen LogP contribution in [0.3, 0.4) is 0 Å². The van der Waals surface area contributed by atoms with Crippen LogP contribution in [0.1, 0.15) is 142 Å². The van der Waals surface area contributed by atoms with Gasteiger partial charge in [0.15, 0.2) is 0 Å².